The molecule has 0 spiro atoms. The largest absolute Gasteiger partial charge is 0.396 e. The Bertz CT molecular complexity index is 424. The molecule has 2 N–H and O–H groups in total. The third-order valence-electron chi connectivity index (χ3n) is 4.65. The molecule has 0 radical (unpaired) electrons. The van der Waals surface area contributed by atoms with Crippen LogP contribution in [-0.2, 0) is 14.9 Å². The lowest BCUT2D eigenvalue weighted by molar-refractivity contribution is 0.0601. The summed E-state index contributed by atoms with van der Waals surface area (Å²) in [5, 5.41) is 9.22. The zero-order chi connectivity index (χ0) is 16.0. The summed E-state index contributed by atoms with van der Waals surface area (Å²) >= 11 is 0. The van der Waals surface area contributed by atoms with Gasteiger partial charge in [0.25, 0.3) is 10.2 Å². The second-order valence-corrected chi connectivity index (χ2v) is 7.98. The number of nitrogens with zero attached hydrogens (tertiary/aromatic N) is 2. The standard InChI is InChI=1S/C14H29N3O4S/c1-21-14-4-8-17(9-5-14)22(19,20)15-6-10-16-7-2-3-13(11-16)12-18/h13-15,18H,2-12H2,1H3. The molecule has 22 heavy (non-hydrogen) atoms. The van der Waals surface area contributed by atoms with Crippen molar-refractivity contribution in [2.24, 2.45) is 5.92 Å². The number of methoxy groups -OCH3 is 1. The van der Waals surface area contributed by atoms with E-state index in [2.05, 4.69) is 9.62 Å². The molecule has 0 aromatic carbocycles. The maximum atomic E-state index is 12.3. The van der Waals surface area contributed by atoms with Gasteiger partial charge in [-0.15, -0.1) is 0 Å². The van der Waals surface area contributed by atoms with Crippen LogP contribution in [0, 0.1) is 5.92 Å². The molecule has 1 atom stereocenters. The van der Waals surface area contributed by atoms with E-state index in [-0.39, 0.29) is 12.7 Å². The summed E-state index contributed by atoms with van der Waals surface area (Å²) in [5.74, 6) is 0.332. The van der Waals surface area contributed by atoms with Gasteiger partial charge in [-0.05, 0) is 38.1 Å². The first-order valence-corrected chi connectivity index (χ1v) is 9.60. The molecule has 2 saturated heterocycles. The number of hydrogen-bond donors (Lipinski definition) is 2. The van der Waals surface area contributed by atoms with Gasteiger partial charge < -0.3 is 14.7 Å². The summed E-state index contributed by atoms with van der Waals surface area (Å²) in [6.45, 7) is 4.22. The molecule has 130 valence electrons. The Morgan fingerprint density at radius 2 is 1.95 bits per heavy atom. The molecule has 0 aromatic heterocycles. The average Bonchev–Trinajstić information content (AvgIpc) is 2.55. The SMILES string of the molecule is COC1CCN(S(=O)(=O)NCCN2CCCC(CO)C2)CC1. The number of aliphatic hydroxyl groups is 1. The monoisotopic (exact) mass is 335 g/mol. The Balaban J connectivity index is 1.71. The summed E-state index contributed by atoms with van der Waals surface area (Å²) in [5.41, 5.74) is 0. The highest BCUT2D eigenvalue weighted by atomic mass is 32.2. The van der Waals surface area contributed by atoms with E-state index in [0.717, 1.165) is 38.8 Å². The number of nitrogens with one attached hydrogen (secondary N) is 1. The van der Waals surface area contributed by atoms with Gasteiger partial charge in [0.2, 0.25) is 0 Å². The highest BCUT2D eigenvalue weighted by Gasteiger charge is 2.27. The number of ether oxygens (including phenoxy) is 1. The fourth-order valence-electron chi connectivity index (χ4n) is 3.24. The Labute approximate surface area is 133 Å². The number of rotatable bonds is 7. The van der Waals surface area contributed by atoms with Crippen LogP contribution in [0.5, 0.6) is 0 Å². The molecular weight excluding hydrogens is 306 g/mol. The van der Waals surface area contributed by atoms with Gasteiger partial charge in [-0.25, -0.2) is 4.72 Å². The lowest BCUT2D eigenvalue weighted by atomic mass is 9.99. The first-order chi connectivity index (χ1) is 10.5. The quantitative estimate of drug-likeness (QED) is 0.664. The summed E-state index contributed by atoms with van der Waals surface area (Å²) in [7, 11) is -1.71. The second-order valence-electron chi connectivity index (χ2n) is 6.22. The topological polar surface area (TPSA) is 82.1 Å². The summed E-state index contributed by atoms with van der Waals surface area (Å²) in [4.78, 5) is 2.23. The first kappa shape index (κ1) is 18.1. The highest BCUT2D eigenvalue weighted by Crippen LogP contribution is 2.16. The van der Waals surface area contributed by atoms with Gasteiger partial charge in [-0.3, -0.25) is 0 Å². The molecule has 2 aliphatic rings. The number of piperidine rings is 2. The molecule has 2 fully saturated rings. The Hall–Kier alpha value is -0.250. The summed E-state index contributed by atoms with van der Waals surface area (Å²) in [6.07, 6.45) is 3.81. The van der Waals surface area contributed by atoms with Crippen LogP contribution in [-0.4, -0.2) is 81.8 Å². The predicted octanol–water partition coefficient (Wildman–Crippen LogP) is -0.364. The summed E-state index contributed by atoms with van der Waals surface area (Å²) < 4.78 is 34.0. The lowest BCUT2D eigenvalue weighted by Gasteiger charge is -2.33. The Kier molecular flexibility index (Phi) is 7.04. The van der Waals surface area contributed by atoms with E-state index in [1.165, 1.54) is 4.31 Å². The third kappa shape index (κ3) is 5.14. The van der Waals surface area contributed by atoms with Crippen LogP contribution in [0.4, 0.5) is 0 Å². The molecule has 7 nitrogen and oxygen atoms in total. The van der Waals surface area contributed by atoms with Crippen LogP contribution >= 0.6 is 0 Å². The van der Waals surface area contributed by atoms with E-state index in [4.69, 9.17) is 4.74 Å². The smallest absolute Gasteiger partial charge is 0.279 e. The zero-order valence-corrected chi connectivity index (χ0v) is 14.2. The number of hydrogen-bond acceptors (Lipinski definition) is 5. The van der Waals surface area contributed by atoms with Crippen molar-refractivity contribution < 1.29 is 18.3 Å². The van der Waals surface area contributed by atoms with Gasteiger partial charge >= 0.3 is 0 Å². The van der Waals surface area contributed by atoms with E-state index in [1.807, 2.05) is 0 Å². The fraction of sp³-hybridized carbons (Fsp3) is 1.00. The van der Waals surface area contributed by atoms with Crippen molar-refractivity contribution in [1.29, 1.82) is 0 Å². The minimum Gasteiger partial charge on any atom is -0.396 e. The second kappa shape index (κ2) is 8.56. The van der Waals surface area contributed by atoms with E-state index < -0.39 is 10.2 Å². The van der Waals surface area contributed by atoms with E-state index in [1.54, 1.807) is 7.11 Å². The molecule has 0 bridgehead atoms. The van der Waals surface area contributed by atoms with Crippen LogP contribution in [0.1, 0.15) is 25.7 Å². The molecule has 2 heterocycles. The van der Waals surface area contributed by atoms with Gasteiger partial charge in [0.05, 0.1) is 6.10 Å². The fourth-order valence-corrected chi connectivity index (χ4v) is 4.46. The normalized spacial score (nSPS) is 26.4. The van der Waals surface area contributed by atoms with Gasteiger partial charge in [0, 0.05) is 46.4 Å². The predicted molar refractivity (Wildman–Crippen MR) is 84.8 cm³/mol. The van der Waals surface area contributed by atoms with Crippen molar-refractivity contribution in [1.82, 2.24) is 13.9 Å². The third-order valence-corrected chi connectivity index (χ3v) is 6.26. The average molecular weight is 335 g/mol. The summed E-state index contributed by atoms with van der Waals surface area (Å²) in [6, 6.07) is 0. The van der Waals surface area contributed by atoms with Crippen LogP contribution in [0.3, 0.4) is 0 Å². The van der Waals surface area contributed by atoms with Crippen LogP contribution in [0.2, 0.25) is 0 Å². The van der Waals surface area contributed by atoms with Gasteiger partial charge in [0.1, 0.15) is 0 Å². The molecular formula is C14H29N3O4S. The molecule has 0 saturated carbocycles. The van der Waals surface area contributed by atoms with Crippen molar-refractivity contribution in [3.05, 3.63) is 0 Å². The van der Waals surface area contributed by atoms with Gasteiger partial charge in [-0.2, -0.15) is 12.7 Å². The number of likely N-dealkylation sites (tertiary alicyclic amines) is 1. The van der Waals surface area contributed by atoms with Gasteiger partial charge in [-0.1, -0.05) is 0 Å². The highest BCUT2D eigenvalue weighted by molar-refractivity contribution is 7.87. The Morgan fingerprint density at radius 1 is 1.23 bits per heavy atom. The lowest BCUT2D eigenvalue weighted by Crippen LogP contribution is -2.48. The van der Waals surface area contributed by atoms with Crippen molar-refractivity contribution in [3.63, 3.8) is 0 Å². The molecule has 2 aliphatic heterocycles. The van der Waals surface area contributed by atoms with Gasteiger partial charge in [0.15, 0.2) is 0 Å². The molecule has 8 heteroatoms. The van der Waals surface area contributed by atoms with Crippen molar-refractivity contribution >= 4 is 10.2 Å². The van der Waals surface area contributed by atoms with Crippen LogP contribution in [0.25, 0.3) is 0 Å². The van der Waals surface area contributed by atoms with E-state index in [9.17, 15) is 13.5 Å². The minimum atomic E-state index is -3.38. The first-order valence-electron chi connectivity index (χ1n) is 8.16. The Morgan fingerprint density at radius 3 is 2.59 bits per heavy atom. The number of aliphatic hydroxyl groups excluding tert-OH is 1. The molecule has 0 aromatic rings. The van der Waals surface area contributed by atoms with Crippen molar-refractivity contribution in [2.75, 3.05) is 53.0 Å². The van der Waals surface area contributed by atoms with E-state index in [0.29, 0.717) is 32.1 Å². The molecule has 1 unspecified atom stereocenters. The van der Waals surface area contributed by atoms with Crippen LogP contribution < -0.4 is 4.72 Å². The van der Waals surface area contributed by atoms with E-state index >= 15 is 0 Å². The van der Waals surface area contributed by atoms with Crippen molar-refractivity contribution in [2.45, 2.75) is 31.8 Å². The molecule has 2 rings (SSSR count). The van der Waals surface area contributed by atoms with Crippen molar-refractivity contribution in [3.8, 4) is 0 Å². The molecule has 0 amide bonds. The zero-order valence-electron chi connectivity index (χ0n) is 13.4. The molecule has 0 aliphatic carbocycles. The minimum absolute atomic E-state index is 0.176. The van der Waals surface area contributed by atoms with Crippen LogP contribution in [0.15, 0.2) is 0 Å². The maximum Gasteiger partial charge on any atom is 0.279 e. The maximum absolute atomic E-state index is 12.3.